The molecule has 4 aromatic rings. The van der Waals surface area contributed by atoms with Crippen molar-refractivity contribution >= 4 is 39.1 Å². The summed E-state index contributed by atoms with van der Waals surface area (Å²) < 4.78 is 8.66. The SMILES string of the molecule is O=C(CCn1nnc2ccccc21)N/N=C\c1ccccc1OCc1ccc(Br)cc1. The maximum atomic E-state index is 12.2. The van der Waals surface area contributed by atoms with Crippen molar-refractivity contribution in [2.45, 2.75) is 19.6 Å². The molecule has 0 aliphatic carbocycles. The summed E-state index contributed by atoms with van der Waals surface area (Å²) in [6.07, 6.45) is 1.83. The van der Waals surface area contributed by atoms with E-state index in [-0.39, 0.29) is 12.3 Å². The number of amides is 1. The number of rotatable bonds is 8. The van der Waals surface area contributed by atoms with Gasteiger partial charge in [0.05, 0.1) is 18.3 Å². The molecule has 156 valence electrons. The predicted molar refractivity (Wildman–Crippen MR) is 123 cm³/mol. The second-order valence-electron chi connectivity index (χ2n) is 6.80. The summed E-state index contributed by atoms with van der Waals surface area (Å²) in [5.41, 5.74) is 6.10. The Hall–Kier alpha value is -3.52. The first kappa shape index (κ1) is 20.7. The van der Waals surface area contributed by atoms with E-state index >= 15 is 0 Å². The number of para-hydroxylation sites is 2. The highest BCUT2D eigenvalue weighted by molar-refractivity contribution is 9.10. The van der Waals surface area contributed by atoms with E-state index in [0.717, 1.165) is 26.6 Å². The summed E-state index contributed by atoms with van der Waals surface area (Å²) in [6.45, 7) is 0.866. The lowest BCUT2D eigenvalue weighted by Crippen LogP contribution is -2.19. The molecule has 0 fully saturated rings. The molecule has 7 nitrogen and oxygen atoms in total. The number of ether oxygens (including phenoxy) is 1. The van der Waals surface area contributed by atoms with E-state index in [9.17, 15) is 4.79 Å². The van der Waals surface area contributed by atoms with Crippen molar-refractivity contribution in [2.75, 3.05) is 0 Å². The third-order valence-electron chi connectivity index (χ3n) is 4.59. The maximum Gasteiger partial charge on any atom is 0.241 e. The summed E-state index contributed by atoms with van der Waals surface area (Å²) in [7, 11) is 0. The number of hydrazone groups is 1. The summed E-state index contributed by atoms with van der Waals surface area (Å²) in [5, 5.41) is 12.2. The smallest absolute Gasteiger partial charge is 0.241 e. The van der Waals surface area contributed by atoms with Crippen molar-refractivity contribution in [2.24, 2.45) is 5.10 Å². The second-order valence-corrected chi connectivity index (χ2v) is 7.71. The molecule has 4 rings (SSSR count). The van der Waals surface area contributed by atoms with E-state index in [1.54, 1.807) is 10.9 Å². The molecule has 8 heteroatoms. The van der Waals surface area contributed by atoms with Gasteiger partial charge in [0.15, 0.2) is 0 Å². The fraction of sp³-hybridized carbons (Fsp3) is 0.130. The quantitative estimate of drug-likeness (QED) is 0.302. The summed E-state index contributed by atoms with van der Waals surface area (Å²) >= 11 is 3.43. The largest absolute Gasteiger partial charge is 0.488 e. The number of aryl methyl sites for hydroxylation is 1. The average molecular weight is 478 g/mol. The number of halogens is 1. The van der Waals surface area contributed by atoms with Crippen LogP contribution in [0.25, 0.3) is 11.0 Å². The number of aromatic nitrogens is 3. The Bertz CT molecular complexity index is 1200. The second kappa shape index (κ2) is 9.99. The van der Waals surface area contributed by atoms with Gasteiger partial charge in [-0.3, -0.25) is 4.79 Å². The molecule has 0 spiro atoms. The monoisotopic (exact) mass is 477 g/mol. The molecule has 0 aliphatic rings. The molecule has 31 heavy (non-hydrogen) atoms. The third-order valence-corrected chi connectivity index (χ3v) is 5.12. The lowest BCUT2D eigenvalue weighted by atomic mass is 10.2. The Morgan fingerprint density at radius 3 is 2.71 bits per heavy atom. The molecule has 0 atom stereocenters. The van der Waals surface area contributed by atoms with Gasteiger partial charge in [-0.2, -0.15) is 5.10 Å². The van der Waals surface area contributed by atoms with E-state index in [1.165, 1.54) is 0 Å². The van der Waals surface area contributed by atoms with E-state index in [2.05, 4.69) is 36.8 Å². The highest BCUT2D eigenvalue weighted by atomic mass is 79.9. The first-order valence-corrected chi connectivity index (χ1v) is 10.5. The maximum absolute atomic E-state index is 12.2. The number of nitrogens with one attached hydrogen (secondary N) is 1. The topological polar surface area (TPSA) is 81.4 Å². The first-order chi connectivity index (χ1) is 15.2. The number of fused-ring (bicyclic) bond motifs is 1. The zero-order valence-corrected chi connectivity index (χ0v) is 18.2. The molecule has 0 radical (unpaired) electrons. The summed E-state index contributed by atoms with van der Waals surface area (Å²) in [6, 6.07) is 23.1. The standard InChI is InChI=1S/C23H20BrN5O2/c24-19-11-9-17(10-12-19)16-31-22-8-4-1-5-18(22)15-25-27-23(30)13-14-29-21-7-3-2-6-20(21)26-28-29/h1-12,15H,13-14,16H2,(H,27,30)/b25-15-. The minimum Gasteiger partial charge on any atom is -0.488 e. The van der Waals surface area contributed by atoms with Crippen LogP contribution < -0.4 is 10.2 Å². The zero-order valence-electron chi connectivity index (χ0n) is 16.6. The van der Waals surface area contributed by atoms with Crippen LogP contribution >= 0.6 is 15.9 Å². The lowest BCUT2D eigenvalue weighted by molar-refractivity contribution is -0.121. The van der Waals surface area contributed by atoms with Crippen LogP contribution in [0.15, 0.2) is 82.4 Å². The number of hydrogen-bond acceptors (Lipinski definition) is 5. The normalized spacial score (nSPS) is 11.1. The molecule has 0 saturated carbocycles. The van der Waals surface area contributed by atoms with Crippen molar-refractivity contribution in [3.63, 3.8) is 0 Å². The average Bonchev–Trinajstić information content (AvgIpc) is 3.21. The van der Waals surface area contributed by atoms with E-state index in [1.807, 2.05) is 72.8 Å². The first-order valence-electron chi connectivity index (χ1n) is 9.75. The van der Waals surface area contributed by atoms with Crippen molar-refractivity contribution in [1.29, 1.82) is 0 Å². The molecule has 1 N–H and O–H groups in total. The van der Waals surface area contributed by atoms with Crippen molar-refractivity contribution < 1.29 is 9.53 Å². The van der Waals surface area contributed by atoms with Gasteiger partial charge in [-0.05, 0) is 42.0 Å². The van der Waals surface area contributed by atoms with Crippen LogP contribution in [0.4, 0.5) is 0 Å². The van der Waals surface area contributed by atoms with Gasteiger partial charge < -0.3 is 4.74 Å². The Balaban J connectivity index is 1.31. The van der Waals surface area contributed by atoms with Crippen LogP contribution in [0.2, 0.25) is 0 Å². The number of benzene rings is 3. The number of carbonyl (C=O) groups is 1. The molecular weight excluding hydrogens is 458 g/mol. The Labute approximate surface area is 187 Å². The predicted octanol–water partition coefficient (Wildman–Crippen LogP) is 4.31. The fourth-order valence-corrected chi connectivity index (χ4v) is 3.24. The molecule has 3 aromatic carbocycles. The van der Waals surface area contributed by atoms with Gasteiger partial charge in [0, 0.05) is 16.5 Å². The number of carbonyl (C=O) groups excluding carboxylic acids is 1. The van der Waals surface area contributed by atoms with Crippen molar-refractivity contribution in [3.8, 4) is 5.75 Å². The fourth-order valence-electron chi connectivity index (χ4n) is 2.98. The number of nitrogens with zero attached hydrogens (tertiary/aromatic N) is 4. The molecule has 1 heterocycles. The van der Waals surface area contributed by atoms with E-state index in [0.29, 0.717) is 18.9 Å². The van der Waals surface area contributed by atoms with Crippen molar-refractivity contribution in [1.82, 2.24) is 20.4 Å². The van der Waals surface area contributed by atoms with Gasteiger partial charge >= 0.3 is 0 Å². The highest BCUT2D eigenvalue weighted by Gasteiger charge is 2.06. The van der Waals surface area contributed by atoms with Crippen LogP contribution in [0.5, 0.6) is 5.75 Å². The highest BCUT2D eigenvalue weighted by Crippen LogP contribution is 2.18. The Morgan fingerprint density at radius 2 is 1.84 bits per heavy atom. The Morgan fingerprint density at radius 1 is 1.06 bits per heavy atom. The molecule has 1 aromatic heterocycles. The van der Waals surface area contributed by atoms with Gasteiger partial charge in [0.2, 0.25) is 5.91 Å². The third kappa shape index (κ3) is 5.55. The van der Waals surface area contributed by atoms with Gasteiger partial charge in [0.25, 0.3) is 0 Å². The van der Waals surface area contributed by atoms with E-state index < -0.39 is 0 Å². The van der Waals surface area contributed by atoms with Crippen LogP contribution in [0.3, 0.4) is 0 Å². The summed E-state index contributed by atoms with van der Waals surface area (Å²) in [5.74, 6) is 0.488. The van der Waals surface area contributed by atoms with Crippen LogP contribution in [-0.4, -0.2) is 27.1 Å². The minimum absolute atomic E-state index is 0.205. The van der Waals surface area contributed by atoms with Gasteiger partial charge in [-0.15, -0.1) is 5.10 Å². The van der Waals surface area contributed by atoms with E-state index in [4.69, 9.17) is 4.74 Å². The molecule has 0 aliphatic heterocycles. The molecule has 1 amide bonds. The molecule has 0 unspecified atom stereocenters. The van der Waals surface area contributed by atoms with Gasteiger partial charge in [-0.1, -0.05) is 57.5 Å². The minimum atomic E-state index is -0.205. The van der Waals surface area contributed by atoms with Gasteiger partial charge in [0.1, 0.15) is 17.9 Å². The molecule has 0 saturated heterocycles. The van der Waals surface area contributed by atoms with Gasteiger partial charge in [-0.25, -0.2) is 10.1 Å². The Kier molecular flexibility index (Phi) is 6.68. The van der Waals surface area contributed by atoms with Crippen LogP contribution in [-0.2, 0) is 17.9 Å². The number of hydrogen-bond donors (Lipinski definition) is 1. The van der Waals surface area contributed by atoms with Crippen molar-refractivity contribution in [3.05, 3.63) is 88.4 Å². The zero-order chi connectivity index (χ0) is 21.5. The molecular formula is C23H20BrN5O2. The van der Waals surface area contributed by atoms with Crippen LogP contribution in [0, 0.1) is 0 Å². The lowest BCUT2D eigenvalue weighted by Gasteiger charge is -2.09. The van der Waals surface area contributed by atoms with Crippen LogP contribution in [0.1, 0.15) is 17.5 Å². The molecule has 0 bridgehead atoms. The summed E-state index contributed by atoms with van der Waals surface area (Å²) in [4.78, 5) is 12.2.